The summed E-state index contributed by atoms with van der Waals surface area (Å²) in [6.45, 7) is 2.43. The normalized spacial score (nSPS) is 20.0. The molecular formula is C16H23ClN2O2. The summed E-state index contributed by atoms with van der Waals surface area (Å²) < 4.78 is 6.04. The van der Waals surface area contributed by atoms with E-state index in [1.807, 2.05) is 24.3 Å². The number of carbonyl (C=O) groups excluding carboxylic acids is 1. The van der Waals surface area contributed by atoms with Crippen LogP contribution in [-0.4, -0.2) is 32.7 Å². The van der Waals surface area contributed by atoms with Gasteiger partial charge >= 0.3 is 0 Å². The van der Waals surface area contributed by atoms with Crippen LogP contribution in [0.3, 0.4) is 0 Å². The zero-order chi connectivity index (χ0) is 15.1. The van der Waals surface area contributed by atoms with Crippen molar-refractivity contribution >= 4 is 17.5 Å². The van der Waals surface area contributed by atoms with Crippen molar-refractivity contribution in [1.29, 1.82) is 0 Å². The number of nitrogens with one attached hydrogen (secondary N) is 2. The lowest BCUT2D eigenvalue weighted by Crippen LogP contribution is -2.34. The number of hydrogen-bond donors (Lipinski definition) is 2. The first-order valence-electron chi connectivity index (χ1n) is 7.49. The minimum atomic E-state index is -0.0128. The van der Waals surface area contributed by atoms with Gasteiger partial charge in [-0.3, -0.25) is 4.79 Å². The number of piperidine rings is 1. The van der Waals surface area contributed by atoms with Crippen molar-refractivity contribution in [3.8, 4) is 0 Å². The van der Waals surface area contributed by atoms with Crippen molar-refractivity contribution in [2.24, 2.45) is 5.92 Å². The van der Waals surface area contributed by atoms with Gasteiger partial charge < -0.3 is 15.4 Å². The van der Waals surface area contributed by atoms with Gasteiger partial charge in [0, 0.05) is 31.0 Å². The molecule has 4 nitrogen and oxygen atoms in total. The largest absolute Gasteiger partial charge is 0.373 e. The van der Waals surface area contributed by atoms with Crippen LogP contribution in [0.1, 0.15) is 30.9 Å². The third-order valence-electron chi connectivity index (χ3n) is 3.85. The van der Waals surface area contributed by atoms with Crippen LogP contribution in [0.5, 0.6) is 0 Å². The third kappa shape index (κ3) is 4.99. The zero-order valence-corrected chi connectivity index (χ0v) is 13.2. The predicted molar refractivity (Wildman–Crippen MR) is 84.4 cm³/mol. The summed E-state index contributed by atoms with van der Waals surface area (Å²) in [4.78, 5) is 11.3. The Balaban J connectivity index is 2.04. The monoisotopic (exact) mass is 310 g/mol. The molecule has 1 aromatic rings. The summed E-state index contributed by atoms with van der Waals surface area (Å²) in [6, 6.07) is 7.82. The fourth-order valence-electron chi connectivity index (χ4n) is 2.73. The molecule has 0 aromatic heterocycles. The summed E-state index contributed by atoms with van der Waals surface area (Å²) in [5, 5.41) is 6.75. The summed E-state index contributed by atoms with van der Waals surface area (Å²) in [6.07, 6.45) is 2.65. The first-order valence-corrected chi connectivity index (χ1v) is 7.87. The number of rotatable bonds is 6. The Bertz CT molecular complexity index is 461. The maximum Gasteiger partial charge on any atom is 0.222 e. The van der Waals surface area contributed by atoms with Gasteiger partial charge in [0.2, 0.25) is 5.91 Å². The number of amides is 1. The van der Waals surface area contributed by atoms with Gasteiger partial charge in [0.25, 0.3) is 0 Å². The van der Waals surface area contributed by atoms with E-state index in [0.29, 0.717) is 18.9 Å². The van der Waals surface area contributed by atoms with E-state index in [1.54, 1.807) is 7.05 Å². The molecule has 116 valence electrons. The SMILES string of the molecule is CNC(=O)CCO[C@@H](c1cccc(Cl)c1)C1CCCNC1. The second-order valence-electron chi connectivity index (χ2n) is 5.38. The molecule has 2 rings (SSSR count). The van der Waals surface area contributed by atoms with Crippen LogP contribution in [-0.2, 0) is 9.53 Å². The second-order valence-corrected chi connectivity index (χ2v) is 5.81. The Kier molecular flexibility index (Phi) is 6.49. The van der Waals surface area contributed by atoms with Crippen LogP contribution in [0, 0.1) is 5.92 Å². The summed E-state index contributed by atoms with van der Waals surface area (Å²) in [5.74, 6) is 0.420. The van der Waals surface area contributed by atoms with Crippen LogP contribution < -0.4 is 10.6 Å². The Hall–Kier alpha value is -1.10. The van der Waals surface area contributed by atoms with Crippen molar-refractivity contribution in [2.45, 2.75) is 25.4 Å². The third-order valence-corrected chi connectivity index (χ3v) is 4.08. The lowest BCUT2D eigenvalue weighted by Gasteiger charge is -2.31. The van der Waals surface area contributed by atoms with Crippen LogP contribution in [0.4, 0.5) is 0 Å². The molecule has 0 saturated carbocycles. The van der Waals surface area contributed by atoms with Gasteiger partial charge in [0.1, 0.15) is 0 Å². The Morgan fingerprint density at radius 1 is 1.57 bits per heavy atom. The number of halogens is 1. The standard InChI is InChI=1S/C16H23ClN2O2/c1-18-15(20)7-9-21-16(13-5-3-8-19-11-13)12-4-2-6-14(17)10-12/h2,4,6,10,13,16,19H,3,5,7-9,11H2,1H3,(H,18,20)/t13?,16-/m0/s1. The van der Waals surface area contributed by atoms with Crippen LogP contribution in [0.25, 0.3) is 0 Å². The summed E-state index contributed by atoms with van der Waals surface area (Å²) >= 11 is 6.10. The molecule has 1 unspecified atom stereocenters. The van der Waals surface area contributed by atoms with Crippen LogP contribution >= 0.6 is 11.6 Å². The van der Waals surface area contributed by atoms with E-state index in [0.717, 1.165) is 36.5 Å². The molecule has 2 N–H and O–H groups in total. The van der Waals surface area contributed by atoms with E-state index < -0.39 is 0 Å². The maximum atomic E-state index is 11.3. The predicted octanol–water partition coefficient (Wildman–Crippen LogP) is 2.53. The highest BCUT2D eigenvalue weighted by Crippen LogP contribution is 2.32. The van der Waals surface area contributed by atoms with Crippen LogP contribution in [0.2, 0.25) is 5.02 Å². The molecule has 1 aliphatic rings. The van der Waals surface area contributed by atoms with E-state index in [9.17, 15) is 4.79 Å². The molecule has 0 radical (unpaired) electrons. The molecule has 1 aromatic carbocycles. The van der Waals surface area contributed by atoms with Gasteiger partial charge in [-0.05, 0) is 37.1 Å². The minimum Gasteiger partial charge on any atom is -0.373 e. The van der Waals surface area contributed by atoms with Crippen molar-refractivity contribution in [1.82, 2.24) is 10.6 Å². The van der Waals surface area contributed by atoms with Crippen molar-refractivity contribution in [3.05, 3.63) is 34.9 Å². The zero-order valence-electron chi connectivity index (χ0n) is 12.4. The van der Waals surface area contributed by atoms with Crippen molar-refractivity contribution < 1.29 is 9.53 Å². The van der Waals surface area contributed by atoms with Gasteiger partial charge in [0.15, 0.2) is 0 Å². The van der Waals surface area contributed by atoms with E-state index in [1.165, 1.54) is 0 Å². The molecule has 0 bridgehead atoms. The van der Waals surface area contributed by atoms with E-state index in [2.05, 4.69) is 10.6 Å². The quantitative estimate of drug-likeness (QED) is 0.849. The van der Waals surface area contributed by atoms with Gasteiger partial charge in [-0.1, -0.05) is 23.7 Å². The topological polar surface area (TPSA) is 50.4 Å². The number of benzene rings is 1. The smallest absolute Gasteiger partial charge is 0.222 e. The van der Waals surface area contributed by atoms with Crippen molar-refractivity contribution in [3.63, 3.8) is 0 Å². The average Bonchev–Trinajstić information content (AvgIpc) is 2.52. The number of ether oxygens (including phenoxy) is 1. The molecule has 0 spiro atoms. The molecule has 0 aliphatic carbocycles. The number of hydrogen-bond acceptors (Lipinski definition) is 3. The molecule has 1 fully saturated rings. The average molecular weight is 311 g/mol. The molecule has 1 aliphatic heterocycles. The fourth-order valence-corrected chi connectivity index (χ4v) is 2.93. The fraction of sp³-hybridized carbons (Fsp3) is 0.562. The van der Waals surface area contributed by atoms with E-state index >= 15 is 0 Å². The minimum absolute atomic E-state index is 0.00149. The molecule has 5 heteroatoms. The Morgan fingerprint density at radius 2 is 2.43 bits per heavy atom. The first kappa shape index (κ1) is 16.3. The number of carbonyl (C=O) groups is 1. The summed E-state index contributed by atoms with van der Waals surface area (Å²) in [7, 11) is 1.64. The Morgan fingerprint density at radius 3 is 3.10 bits per heavy atom. The van der Waals surface area contributed by atoms with Gasteiger partial charge in [0.05, 0.1) is 12.7 Å². The molecule has 1 amide bonds. The lowest BCUT2D eigenvalue weighted by atomic mass is 9.89. The molecule has 1 saturated heterocycles. The highest BCUT2D eigenvalue weighted by molar-refractivity contribution is 6.30. The molecule has 2 atom stereocenters. The molecule has 1 heterocycles. The highest BCUT2D eigenvalue weighted by Gasteiger charge is 2.26. The molecule has 21 heavy (non-hydrogen) atoms. The van der Waals surface area contributed by atoms with Gasteiger partial charge in [-0.15, -0.1) is 0 Å². The van der Waals surface area contributed by atoms with Crippen molar-refractivity contribution in [2.75, 3.05) is 26.7 Å². The molecular weight excluding hydrogens is 288 g/mol. The lowest BCUT2D eigenvalue weighted by molar-refractivity contribution is -0.122. The Labute approximate surface area is 131 Å². The van der Waals surface area contributed by atoms with E-state index in [4.69, 9.17) is 16.3 Å². The van der Waals surface area contributed by atoms with Crippen LogP contribution in [0.15, 0.2) is 24.3 Å². The van der Waals surface area contributed by atoms with E-state index in [-0.39, 0.29) is 12.0 Å². The first-order chi connectivity index (χ1) is 10.2. The summed E-state index contributed by atoms with van der Waals surface area (Å²) in [5.41, 5.74) is 1.09. The highest BCUT2D eigenvalue weighted by atomic mass is 35.5. The second kappa shape index (κ2) is 8.37. The van der Waals surface area contributed by atoms with Gasteiger partial charge in [-0.2, -0.15) is 0 Å². The maximum absolute atomic E-state index is 11.3. The van der Waals surface area contributed by atoms with Gasteiger partial charge in [-0.25, -0.2) is 0 Å².